The number of hydrogen-bond donors (Lipinski definition) is 0. The fourth-order valence-corrected chi connectivity index (χ4v) is 8.38. The van der Waals surface area contributed by atoms with E-state index in [4.69, 9.17) is 4.42 Å². The van der Waals surface area contributed by atoms with Gasteiger partial charge in [0.2, 0.25) is 0 Å². The summed E-state index contributed by atoms with van der Waals surface area (Å²) in [6, 6.07) is 63.4. The molecule has 3 nitrogen and oxygen atoms in total. The Morgan fingerprint density at radius 1 is 0.444 bits per heavy atom. The van der Waals surface area contributed by atoms with Crippen molar-refractivity contribution < 1.29 is 4.42 Å². The lowest BCUT2D eigenvalue weighted by Crippen LogP contribution is -2.12. The summed E-state index contributed by atoms with van der Waals surface area (Å²) < 4.78 is 9.24. The van der Waals surface area contributed by atoms with Gasteiger partial charge in [-0.25, -0.2) is 0 Å². The summed E-state index contributed by atoms with van der Waals surface area (Å²) in [4.78, 5) is 2.43. The average molecular weight is 695 g/mol. The highest BCUT2D eigenvalue weighted by Gasteiger charge is 2.24. The first-order valence-electron chi connectivity index (χ1n) is 18.6. The van der Waals surface area contributed by atoms with Gasteiger partial charge in [0.05, 0.1) is 16.7 Å². The molecular formula is C51H38N2O. The predicted octanol–water partition coefficient (Wildman–Crippen LogP) is 14.4. The molecule has 0 unspecified atom stereocenters. The van der Waals surface area contributed by atoms with Gasteiger partial charge >= 0.3 is 0 Å². The number of para-hydroxylation sites is 4. The number of fused-ring (bicyclic) bond motifs is 6. The van der Waals surface area contributed by atoms with Crippen molar-refractivity contribution in [2.45, 2.75) is 20.8 Å². The summed E-state index contributed by atoms with van der Waals surface area (Å²) in [6.07, 6.45) is 0. The summed E-state index contributed by atoms with van der Waals surface area (Å²) in [7, 11) is 0. The lowest BCUT2D eigenvalue weighted by Gasteiger charge is -2.29. The predicted molar refractivity (Wildman–Crippen MR) is 228 cm³/mol. The molecule has 0 fully saturated rings. The molecule has 0 saturated heterocycles. The van der Waals surface area contributed by atoms with E-state index in [0.29, 0.717) is 0 Å². The monoisotopic (exact) mass is 694 g/mol. The van der Waals surface area contributed by atoms with Gasteiger partial charge in [-0.05, 0) is 109 Å². The number of furan rings is 1. The number of aryl methyl sites for hydroxylation is 3. The second-order valence-corrected chi connectivity index (χ2v) is 14.3. The van der Waals surface area contributed by atoms with Crippen molar-refractivity contribution in [2.75, 3.05) is 4.90 Å². The molecule has 8 aromatic carbocycles. The topological polar surface area (TPSA) is 21.3 Å². The van der Waals surface area contributed by atoms with Crippen LogP contribution in [-0.2, 0) is 0 Å². The molecule has 2 heterocycles. The highest BCUT2D eigenvalue weighted by molar-refractivity contribution is 6.13. The molecule has 0 N–H and O–H groups in total. The molecule has 3 heteroatoms. The van der Waals surface area contributed by atoms with Crippen molar-refractivity contribution in [3.05, 3.63) is 193 Å². The van der Waals surface area contributed by atoms with Gasteiger partial charge in [0, 0.05) is 49.7 Å². The first kappa shape index (κ1) is 31.9. The molecule has 0 radical (unpaired) electrons. The fourth-order valence-electron chi connectivity index (χ4n) is 8.38. The molecule has 0 atom stereocenters. The van der Waals surface area contributed by atoms with Gasteiger partial charge in [-0.1, -0.05) is 115 Å². The Hall–Kier alpha value is -6.84. The van der Waals surface area contributed by atoms with Crippen LogP contribution in [0.1, 0.15) is 16.7 Å². The second-order valence-electron chi connectivity index (χ2n) is 14.3. The second kappa shape index (κ2) is 12.7. The van der Waals surface area contributed by atoms with Crippen molar-refractivity contribution in [1.82, 2.24) is 4.57 Å². The van der Waals surface area contributed by atoms with Crippen molar-refractivity contribution in [3.63, 3.8) is 0 Å². The normalized spacial score (nSPS) is 11.6. The lowest BCUT2D eigenvalue weighted by molar-refractivity contribution is 0.670. The van der Waals surface area contributed by atoms with E-state index in [1.807, 2.05) is 0 Å². The van der Waals surface area contributed by atoms with Crippen LogP contribution >= 0.6 is 0 Å². The van der Waals surface area contributed by atoms with Crippen LogP contribution in [-0.4, -0.2) is 4.57 Å². The van der Waals surface area contributed by atoms with Gasteiger partial charge in [0.1, 0.15) is 11.2 Å². The van der Waals surface area contributed by atoms with Gasteiger partial charge in [-0.2, -0.15) is 0 Å². The molecule has 0 aliphatic carbocycles. The summed E-state index contributed by atoms with van der Waals surface area (Å²) in [6.45, 7) is 6.62. The van der Waals surface area contributed by atoms with E-state index < -0.39 is 0 Å². The third-order valence-electron chi connectivity index (χ3n) is 10.9. The standard InChI is InChI=1S/C51H38N2O/c1-33-16-15-19-37(28-33)52(49-30-34(2)43(29-35(49)3)36-17-5-4-6-18-36)38-31-44(51-45(32-38)42-23-10-14-27-50(42)54-51)41-22-9-13-26-48(41)53-46-24-11-7-20-39(46)40-21-8-12-25-47(40)53/h4-32H,1-3H3. The van der Waals surface area contributed by atoms with Crippen LogP contribution < -0.4 is 4.90 Å². The van der Waals surface area contributed by atoms with Crippen LogP contribution in [0.25, 0.3) is 71.7 Å². The number of anilines is 3. The van der Waals surface area contributed by atoms with E-state index >= 15 is 0 Å². The van der Waals surface area contributed by atoms with Crippen molar-refractivity contribution in [3.8, 4) is 27.9 Å². The van der Waals surface area contributed by atoms with Crippen molar-refractivity contribution >= 4 is 60.8 Å². The number of aromatic nitrogens is 1. The SMILES string of the molecule is Cc1cccc(N(c2cc(-c3ccccc3-n3c4ccccc4c4ccccc43)c3oc4ccccc4c3c2)c2cc(C)c(-c3ccccc3)cc2C)c1. The highest BCUT2D eigenvalue weighted by atomic mass is 16.3. The third-order valence-corrected chi connectivity index (χ3v) is 10.9. The van der Waals surface area contributed by atoms with Gasteiger partial charge < -0.3 is 13.9 Å². The summed E-state index contributed by atoms with van der Waals surface area (Å²) in [5, 5.41) is 4.66. The molecule has 0 aliphatic rings. The van der Waals surface area contributed by atoms with Gasteiger partial charge in [-0.15, -0.1) is 0 Å². The zero-order chi connectivity index (χ0) is 36.3. The minimum absolute atomic E-state index is 0.876. The summed E-state index contributed by atoms with van der Waals surface area (Å²) in [5.74, 6) is 0. The maximum absolute atomic E-state index is 6.83. The Kier molecular flexibility index (Phi) is 7.48. The van der Waals surface area contributed by atoms with Crippen LogP contribution in [0, 0.1) is 20.8 Å². The minimum Gasteiger partial charge on any atom is -0.455 e. The van der Waals surface area contributed by atoms with Gasteiger partial charge in [-0.3, -0.25) is 0 Å². The highest BCUT2D eigenvalue weighted by Crippen LogP contribution is 2.47. The molecule has 0 spiro atoms. The maximum atomic E-state index is 6.83. The third kappa shape index (κ3) is 5.12. The Bertz CT molecular complexity index is 2980. The largest absolute Gasteiger partial charge is 0.455 e. The van der Waals surface area contributed by atoms with Crippen LogP contribution in [0.5, 0.6) is 0 Å². The molecule has 0 saturated carbocycles. The zero-order valence-corrected chi connectivity index (χ0v) is 30.5. The first-order chi connectivity index (χ1) is 26.5. The molecule has 0 bridgehead atoms. The van der Waals surface area contributed by atoms with E-state index in [0.717, 1.165) is 55.8 Å². The molecule has 0 aliphatic heterocycles. The lowest BCUT2D eigenvalue weighted by atomic mass is 9.95. The molecule has 0 amide bonds. The quantitative estimate of drug-likeness (QED) is 0.173. The van der Waals surface area contributed by atoms with E-state index in [1.54, 1.807) is 0 Å². The van der Waals surface area contributed by atoms with Crippen LogP contribution in [0.3, 0.4) is 0 Å². The zero-order valence-electron chi connectivity index (χ0n) is 30.5. The number of hydrogen-bond acceptors (Lipinski definition) is 2. The van der Waals surface area contributed by atoms with Crippen LogP contribution in [0.2, 0.25) is 0 Å². The Morgan fingerprint density at radius 2 is 1.11 bits per heavy atom. The van der Waals surface area contributed by atoms with E-state index in [9.17, 15) is 0 Å². The fraction of sp³-hybridized carbons (Fsp3) is 0.0588. The van der Waals surface area contributed by atoms with Crippen molar-refractivity contribution in [1.29, 1.82) is 0 Å². The number of benzene rings is 8. The summed E-state index contributed by atoms with van der Waals surface area (Å²) >= 11 is 0. The smallest absolute Gasteiger partial charge is 0.143 e. The molecule has 10 rings (SSSR count). The van der Waals surface area contributed by atoms with Gasteiger partial charge in [0.25, 0.3) is 0 Å². The van der Waals surface area contributed by atoms with Crippen LogP contribution in [0.15, 0.2) is 180 Å². The Labute approximate surface area is 315 Å². The molecule has 258 valence electrons. The number of nitrogens with zero attached hydrogens (tertiary/aromatic N) is 2. The van der Waals surface area contributed by atoms with E-state index in [2.05, 4.69) is 206 Å². The van der Waals surface area contributed by atoms with E-state index in [1.165, 1.54) is 49.6 Å². The Balaban J connectivity index is 1.28. The minimum atomic E-state index is 0.876. The molecule has 10 aromatic rings. The molecule has 54 heavy (non-hydrogen) atoms. The van der Waals surface area contributed by atoms with Gasteiger partial charge in [0.15, 0.2) is 0 Å². The molecular weight excluding hydrogens is 657 g/mol. The van der Waals surface area contributed by atoms with Crippen molar-refractivity contribution in [2.24, 2.45) is 0 Å². The maximum Gasteiger partial charge on any atom is 0.143 e. The average Bonchev–Trinajstić information content (AvgIpc) is 3.75. The Morgan fingerprint density at radius 3 is 1.87 bits per heavy atom. The van der Waals surface area contributed by atoms with Crippen LogP contribution in [0.4, 0.5) is 17.1 Å². The molecule has 2 aromatic heterocycles. The van der Waals surface area contributed by atoms with E-state index in [-0.39, 0.29) is 0 Å². The first-order valence-corrected chi connectivity index (χ1v) is 18.6. The number of rotatable bonds is 6. The summed E-state index contributed by atoms with van der Waals surface area (Å²) in [5.41, 5.74) is 16.8.